The van der Waals surface area contributed by atoms with Gasteiger partial charge in [0.05, 0.1) is 0 Å². The van der Waals surface area contributed by atoms with Gasteiger partial charge in [0.1, 0.15) is 0 Å². The molecule has 0 radical (unpaired) electrons. The molecule has 0 saturated heterocycles. The van der Waals surface area contributed by atoms with E-state index in [1.165, 1.54) is 11.3 Å². The third-order valence-corrected chi connectivity index (χ3v) is 1.64. The summed E-state index contributed by atoms with van der Waals surface area (Å²) in [6.07, 6.45) is 11.4. The number of H-pyrrole nitrogens is 1. The highest BCUT2D eigenvalue weighted by atomic mass is 14.7. The fraction of sp³-hybridized carbons (Fsp3) is 0.111. The van der Waals surface area contributed by atoms with Crippen LogP contribution in [0.15, 0.2) is 30.5 Å². The van der Waals surface area contributed by atoms with Gasteiger partial charge in [-0.2, -0.15) is 0 Å². The van der Waals surface area contributed by atoms with Gasteiger partial charge >= 0.3 is 0 Å². The Kier molecular flexibility index (Phi) is 1.21. The summed E-state index contributed by atoms with van der Waals surface area (Å²) in [6.45, 7) is 0. The number of hydrogen-bond donors (Lipinski definition) is 1. The molecule has 1 aliphatic carbocycles. The lowest BCUT2D eigenvalue weighted by Gasteiger charge is -1.88. The van der Waals surface area contributed by atoms with Crippen molar-refractivity contribution >= 4 is 6.08 Å². The molecule has 1 aromatic rings. The molecule has 0 spiro atoms. The average molecular weight is 131 g/mol. The first-order valence-electron chi connectivity index (χ1n) is 3.46. The lowest BCUT2D eigenvalue weighted by atomic mass is 10.2. The maximum Gasteiger partial charge on any atom is 0.0383 e. The Morgan fingerprint density at radius 3 is 3.30 bits per heavy atom. The van der Waals surface area contributed by atoms with Crippen molar-refractivity contribution in [1.82, 2.24) is 4.98 Å². The molecule has 0 amide bonds. The van der Waals surface area contributed by atoms with Gasteiger partial charge in [-0.1, -0.05) is 18.2 Å². The summed E-state index contributed by atoms with van der Waals surface area (Å²) in [5.74, 6) is 0. The molecular weight excluding hydrogens is 122 g/mol. The van der Waals surface area contributed by atoms with Crippen molar-refractivity contribution < 1.29 is 0 Å². The van der Waals surface area contributed by atoms with E-state index < -0.39 is 0 Å². The zero-order valence-electron chi connectivity index (χ0n) is 5.67. The Morgan fingerprint density at radius 2 is 2.30 bits per heavy atom. The Hall–Kier alpha value is -1.24. The van der Waals surface area contributed by atoms with Crippen LogP contribution in [0.2, 0.25) is 0 Å². The number of rotatable bonds is 0. The van der Waals surface area contributed by atoms with E-state index in [9.17, 15) is 0 Å². The quantitative estimate of drug-likeness (QED) is 0.555. The highest BCUT2D eigenvalue weighted by molar-refractivity contribution is 5.49. The molecule has 0 unspecified atom stereocenters. The van der Waals surface area contributed by atoms with Gasteiger partial charge in [0.25, 0.3) is 0 Å². The molecule has 1 heterocycles. The molecule has 1 aromatic heterocycles. The first-order valence-corrected chi connectivity index (χ1v) is 3.46. The van der Waals surface area contributed by atoms with Gasteiger partial charge in [-0.25, -0.2) is 0 Å². The van der Waals surface area contributed by atoms with Crippen molar-refractivity contribution in [1.29, 1.82) is 0 Å². The summed E-state index contributed by atoms with van der Waals surface area (Å²) in [4.78, 5) is 3.17. The lowest BCUT2D eigenvalue weighted by molar-refractivity contribution is 1.27. The van der Waals surface area contributed by atoms with Crippen LogP contribution in [0.25, 0.3) is 6.08 Å². The molecule has 0 fully saturated rings. The van der Waals surface area contributed by atoms with Gasteiger partial charge in [0.15, 0.2) is 0 Å². The van der Waals surface area contributed by atoms with Gasteiger partial charge in [-0.15, -0.1) is 0 Å². The Balaban J connectivity index is 2.48. The molecule has 2 bridgehead atoms. The van der Waals surface area contributed by atoms with Crippen LogP contribution in [-0.4, -0.2) is 4.98 Å². The molecule has 2 rings (SSSR count). The average Bonchev–Trinajstić information content (AvgIpc) is 2.30. The van der Waals surface area contributed by atoms with Crippen molar-refractivity contribution in [3.8, 4) is 0 Å². The molecular formula is C9H9N. The van der Waals surface area contributed by atoms with E-state index in [4.69, 9.17) is 0 Å². The van der Waals surface area contributed by atoms with Crippen molar-refractivity contribution in [3.63, 3.8) is 0 Å². The molecule has 50 valence electrons. The van der Waals surface area contributed by atoms with E-state index in [2.05, 4.69) is 41.6 Å². The van der Waals surface area contributed by atoms with Crippen molar-refractivity contribution in [2.75, 3.05) is 0 Å². The van der Waals surface area contributed by atoms with Crippen LogP contribution in [0.1, 0.15) is 11.3 Å². The fourth-order valence-corrected chi connectivity index (χ4v) is 1.12. The van der Waals surface area contributed by atoms with Crippen molar-refractivity contribution in [2.24, 2.45) is 0 Å². The second-order valence-corrected chi connectivity index (χ2v) is 2.45. The predicted octanol–water partition coefficient (Wildman–Crippen LogP) is 2.14. The Morgan fingerprint density at radius 1 is 1.30 bits per heavy atom. The molecule has 0 saturated carbocycles. The standard InChI is InChI=1S/C9H9N/c1-2-4-8-6-9(5-3-1)10-7-8/h1-3,5-7,10H,4H2. The number of allylic oxidation sites excluding steroid dienone is 3. The van der Waals surface area contributed by atoms with E-state index >= 15 is 0 Å². The molecule has 0 aliphatic heterocycles. The molecule has 1 nitrogen and oxygen atoms in total. The number of nitrogens with one attached hydrogen (secondary N) is 1. The fourth-order valence-electron chi connectivity index (χ4n) is 1.12. The number of fused-ring (bicyclic) bond motifs is 2. The van der Waals surface area contributed by atoms with Gasteiger partial charge in [-0.05, 0) is 24.1 Å². The summed E-state index contributed by atoms with van der Waals surface area (Å²) in [7, 11) is 0. The second kappa shape index (κ2) is 2.18. The predicted molar refractivity (Wildman–Crippen MR) is 42.7 cm³/mol. The smallest absolute Gasteiger partial charge is 0.0383 e. The van der Waals surface area contributed by atoms with Crippen LogP contribution in [0, 0.1) is 0 Å². The molecule has 0 atom stereocenters. The van der Waals surface area contributed by atoms with Gasteiger partial charge in [-0.3, -0.25) is 0 Å². The first-order chi connectivity index (χ1) is 4.95. The van der Waals surface area contributed by atoms with E-state index in [1.54, 1.807) is 0 Å². The van der Waals surface area contributed by atoms with Crippen LogP contribution in [0.3, 0.4) is 0 Å². The minimum absolute atomic E-state index is 1.04. The van der Waals surface area contributed by atoms with Crippen molar-refractivity contribution in [2.45, 2.75) is 6.42 Å². The summed E-state index contributed by atoms with van der Waals surface area (Å²) < 4.78 is 0. The molecule has 1 heteroatoms. The monoisotopic (exact) mass is 131 g/mol. The number of aromatic nitrogens is 1. The highest BCUT2D eigenvalue weighted by Crippen LogP contribution is 2.08. The van der Waals surface area contributed by atoms with E-state index in [1.807, 2.05) is 0 Å². The minimum Gasteiger partial charge on any atom is -0.361 e. The van der Waals surface area contributed by atoms with Crippen molar-refractivity contribution in [3.05, 3.63) is 41.7 Å². The molecule has 0 aromatic carbocycles. The van der Waals surface area contributed by atoms with Gasteiger partial charge < -0.3 is 4.98 Å². The summed E-state index contributed by atoms with van der Waals surface area (Å²) in [5.41, 5.74) is 2.55. The SMILES string of the molecule is C1=CCc2c[nH]c(c2)C=C1. The number of hydrogen-bond acceptors (Lipinski definition) is 0. The van der Waals surface area contributed by atoms with E-state index in [-0.39, 0.29) is 0 Å². The number of aromatic amines is 1. The third kappa shape index (κ3) is 0.903. The molecule has 10 heavy (non-hydrogen) atoms. The van der Waals surface area contributed by atoms with E-state index in [0.717, 1.165) is 6.42 Å². The second-order valence-electron chi connectivity index (χ2n) is 2.45. The maximum atomic E-state index is 3.17. The highest BCUT2D eigenvalue weighted by Gasteiger charge is 1.94. The van der Waals surface area contributed by atoms with Gasteiger partial charge in [0.2, 0.25) is 0 Å². The summed E-state index contributed by atoms with van der Waals surface area (Å²) >= 11 is 0. The zero-order chi connectivity index (χ0) is 6.81. The van der Waals surface area contributed by atoms with E-state index in [0.29, 0.717) is 0 Å². The molecule has 1 aliphatic rings. The largest absolute Gasteiger partial charge is 0.361 e. The van der Waals surface area contributed by atoms with Crippen LogP contribution in [0.5, 0.6) is 0 Å². The van der Waals surface area contributed by atoms with Crippen LogP contribution < -0.4 is 0 Å². The summed E-state index contributed by atoms with van der Waals surface area (Å²) in [6, 6.07) is 2.17. The zero-order valence-corrected chi connectivity index (χ0v) is 5.67. The maximum absolute atomic E-state index is 3.17. The molecule has 1 N–H and O–H groups in total. The Labute approximate surface area is 60.1 Å². The van der Waals surface area contributed by atoms with Crippen LogP contribution in [-0.2, 0) is 6.42 Å². The topological polar surface area (TPSA) is 15.8 Å². The first kappa shape index (κ1) is 5.54. The third-order valence-electron chi connectivity index (χ3n) is 1.64. The normalized spacial score (nSPS) is 14.8. The Bertz CT molecular complexity index is 279. The van der Waals surface area contributed by atoms with Crippen LogP contribution in [0.4, 0.5) is 0 Å². The van der Waals surface area contributed by atoms with Crippen LogP contribution >= 0.6 is 0 Å². The minimum atomic E-state index is 1.04. The lowest BCUT2D eigenvalue weighted by Crippen LogP contribution is -1.74. The van der Waals surface area contributed by atoms with Gasteiger partial charge in [0, 0.05) is 11.9 Å². The summed E-state index contributed by atoms with van der Waals surface area (Å²) in [5, 5.41) is 0.